The van der Waals surface area contributed by atoms with Crippen LogP contribution in [-0.2, 0) is 4.74 Å². The van der Waals surface area contributed by atoms with Gasteiger partial charge < -0.3 is 9.26 Å². The average Bonchev–Trinajstić information content (AvgIpc) is 3.24. The van der Waals surface area contributed by atoms with Crippen molar-refractivity contribution in [2.45, 2.75) is 44.7 Å². The largest absolute Gasteiger partial charge is 0.465 e. The maximum absolute atomic E-state index is 13.6. The van der Waals surface area contributed by atoms with Crippen LogP contribution >= 0.6 is 11.6 Å². The smallest absolute Gasteiger partial charge is 0.419 e. The quantitative estimate of drug-likeness (QED) is 0.236. The van der Waals surface area contributed by atoms with Crippen molar-refractivity contribution in [3.05, 3.63) is 63.7 Å². The highest BCUT2D eigenvalue weighted by Gasteiger charge is 2.49. The van der Waals surface area contributed by atoms with Gasteiger partial charge in [0, 0.05) is 23.6 Å². The minimum absolute atomic E-state index is 0.0783. The molecule has 0 saturated carbocycles. The molecule has 194 valence electrons. The van der Waals surface area contributed by atoms with Crippen LogP contribution in [0.3, 0.4) is 0 Å². The standard InChI is InChI=1S/C24H19ClF7NO3/c1-11-6-14(16(23(27,28)29)9-20(26)24(30,31)32)7-12(2)21(11)18-10-19(36-33-18)13-4-5-17(25)15(8-13)22(34)35-3/h4-8,10,16,20H,9H2,1-3H3. The van der Waals surface area contributed by atoms with E-state index in [0.717, 1.165) is 12.1 Å². The van der Waals surface area contributed by atoms with Crippen LogP contribution in [0.15, 0.2) is 40.9 Å². The number of aromatic nitrogens is 1. The number of carbonyl (C=O) groups is 1. The number of methoxy groups -OCH3 is 1. The zero-order valence-electron chi connectivity index (χ0n) is 19.0. The molecular formula is C24H19ClF7NO3. The van der Waals surface area contributed by atoms with Gasteiger partial charge in [-0.25, -0.2) is 9.18 Å². The molecule has 0 aliphatic rings. The first kappa shape index (κ1) is 27.5. The summed E-state index contributed by atoms with van der Waals surface area (Å²) < 4.78 is 102. The van der Waals surface area contributed by atoms with Crippen molar-refractivity contribution in [1.29, 1.82) is 0 Å². The molecule has 12 heteroatoms. The summed E-state index contributed by atoms with van der Waals surface area (Å²) in [6.07, 6.45) is -15.9. The number of hydrogen-bond acceptors (Lipinski definition) is 4. The lowest BCUT2D eigenvalue weighted by Crippen LogP contribution is -2.31. The molecule has 0 amide bonds. The average molecular weight is 538 g/mol. The molecule has 0 aliphatic carbocycles. The fourth-order valence-electron chi connectivity index (χ4n) is 3.88. The van der Waals surface area contributed by atoms with Gasteiger partial charge in [-0.3, -0.25) is 0 Å². The van der Waals surface area contributed by atoms with Crippen LogP contribution in [0.2, 0.25) is 5.02 Å². The van der Waals surface area contributed by atoms with Gasteiger partial charge in [0.1, 0.15) is 5.69 Å². The molecule has 0 spiro atoms. The Bertz CT molecular complexity index is 1240. The number of hydrogen-bond donors (Lipinski definition) is 0. The van der Waals surface area contributed by atoms with E-state index in [2.05, 4.69) is 9.89 Å². The van der Waals surface area contributed by atoms with E-state index in [1.165, 1.54) is 39.2 Å². The summed E-state index contributed by atoms with van der Waals surface area (Å²) >= 11 is 6.02. The number of benzene rings is 2. The third-order valence-electron chi connectivity index (χ3n) is 5.57. The zero-order chi connectivity index (χ0) is 27.0. The van der Waals surface area contributed by atoms with Crippen LogP contribution in [-0.4, -0.2) is 36.8 Å². The molecule has 1 heterocycles. The highest BCUT2D eigenvalue weighted by molar-refractivity contribution is 6.33. The summed E-state index contributed by atoms with van der Waals surface area (Å²) in [6, 6.07) is 8.05. The summed E-state index contributed by atoms with van der Waals surface area (Å²) in [6.45, 7) is 2.92. The SMILES string of the molecule is COC(=O)c1cc(-c2cc(-c3c(C)cc(C(CC(F)C(F)(F)F)C(F)(F)F)cc3C)no2)ccc1Cl. The Kier molecular flexibility index (Phi) is 7.73. The summed E-state index contributed by atoms with van der Waals surface area (Å²) in [5.74, 6) is -3.11. The van der Waals surface area contributed by atoms with Gasteiger partial charge in [-0.15, -0.1) is 0 Å². The van der Waals surface area contributed by atoms with E-state index >= 15 is 0 Å². The van der Waals surface area contributed by atoms with E-state index in [1.807, 2.05) is 0 Å². The predicted octanol–water partition coefficient (Wildman–Crippen LogP) is 8.00. The van der Waals surface area contributed by atoms with E-state index in [4.69, 9.17) is 16.1 Å². The summed E-state index contributed by atoms with van der Waals surface area (Å²) in [7, 11) is 1.19. The van der Waals surface area contributed by atoms with Crippen LogP contribution in [0, 0.1) is 13.8 Å². The number of nitrogens with zero attached hydrogens (tertiary/aromatic N) is 1. The molecular weight excluding hydrogens is 519 g/mol. The minimum Gasteiger partial charge on any atom is -0.465 e. The van der Waals surface area contributed by atoms with Gasteiger partial charge in [-0.1, -0.05) is 28.9 Å². The summed E-state index contributed by atoms with van der Waals surface area (Å²) in [5, 5.41) is 4.10. The topological polar surface area (TPSA) is 52.3 Å². The lowest BCUT2D eigenvalue weighted by Gasteiger charge is -2.24. The van der Waals surface area contributed by atoms with Crippen molar-refractivity contribution in [1.82, 2.24) is 5.16 Å². The first-order valence-electron chi connectivity index (χ1n) is 10.4. The Morgan fingerprint density at radius 3 is 2.17 bits per heavy atom. The van der Waals surface area contributed by atoms with Gasteiger partial charge in [0.15, 0.2) is 11.9 Å². The predicted molar refractivity (Wildman–Crippen MR) is 118 cm³/mol. The number of carbonyl (C=O) groups excluding carboxylic acids is 1. The summed E-state index contributed by atoms with van der Waals surface area (Å²) in [5.41, 5.74) is 1.18. The third kappa shape index (κ3) is 5.83. The highest BCUT2D eigenvalue weighted by atomic mass is 35.5. The molecule has 2 unspecified atom stereocenters. The van der Waals surface area contributed by atoms with Gasteiger partial charge in [0.05, 0.1) is 23.6 Å². The van der Waals surface area contributed by atoms with Crippen molar-refractivity contribution < 1.29 is 44.8 Å². The van der Waals surface area contributed by atoms with Gasteiger partial charge in [0.2, 0.25) is 0 Å². The Morgan fingerprint density at radius 2 is 1.64 bits per heavy atom. The van der Waals surface area contributed by atoms with Gasteiger partial charge in [-0.05, 0) is 48.7 Å². The minimum atomic E-state index is -5.40. The van der Waals surface area contributed by atoms with Crippen LogP contribution in [0.1, 0.15) is 39.4 Å². The van der Waals surface area contributed by atoms with Crippen molar-refractivity contribution in [3.63, 3.8) is 0 Å². The normalized spacial score (nSPS) is 14.0. The molecule has 0 aliphatic heterocycles. The number of esters is 1. The number of ether oxygens (including phenoxy) is 1. The number of alkyl halides is 7. The van der Waals surface area contributed by atoms with E-state index in [1.54, 1.807) is 6.07 Å². The molecule has 0 fully saturated rings. The van der Waals surface area contributed by atoms with Crippen LogP contribution in [0.5, 0.6) is 0 Å². The Balaban J connectivity index is 1.99. The Labute approximate surface area is 206 Å². The number of rotatable bonds is 6. The molecule has 2 aromatic carbocycles. The second kappa shape index (κ2) is 10.1. The fourth-order valence-corrected chi connectivity index (χ4v) is 4.07. The van der Waals surface area contributed by atoms with Gasteiger partial charge in [-0.2, -0.15) is 26.3 Å². The van der Waals surface area contributed by atoms with Gasteiger partial charge in [0.25, 0.3) is 0 Å². The van der Waals surface area contributed by atoms with Crippen molar-refractivity contribution in [3.8, 4) is 22.6 Å². The maximum Gasteiger partial charge on any atom is 0.419 e. The fraction of sp³-hybridized carbons (Fsp3) is 0.333. The van der Waals surface area contributed by atoms with Gasteiger partial charge >= 0.3 is 18.3 Å². The van der Waals surface area contributed by atoms with E-state index < -0.39 is 42.4 Å². The zero-order valence-corrected chi connectivity index (χ0v) is 19.8. The van der Waals surface area contributed by atoms with Crippen LogP contribution in [0.4, 0.5) is 30.7 Å². The Hall–Kier alpha value is -3.08. The monoisotopic (exact) mass is 537 g/mol. The molecule has 36 heavy (non-hydrogen) atoms. The van der Waals surface area contributed by atoms with E-state index in [0.29, 0.717) is 11.1 Å². The lowest BCUT2D eigenvalue weighted by molar-refractivity contribution is -0.200. The molecule has 3 rings (SSSR count). The molecule has 0 saturated heterocycles. The molecule has 1 aromatic heterocycles. The van der Waals surface area contributed by atoms with Crippen LogP contribution in [0.25, 0.3) is 22.6 Å². The van der Waals surface area contributed by atoms with E-state index in [-0.39, 0.29) is 33.2 Å². The molecule has 4 nitrogen and oxygen atoms in total. The van der Waals surface area contributed by atoms with E-state index in [9.17, 15) is 35.5 Å². The van der Waals surface area contributed by atoms with Crippen molar-refractivity contribution in [2.24, 2.45) is 0 Å². The maximum atomic E-state index is 13.6. The molecule has 0 bridgehead atoms. The first-order chi connectivity index (χ1) is 16.6. The molecule has 2 atom stereocenters. The first-order valence-corrected chi connectivity index (χ1v) is 10.7. The second-order valence-electron chi connectivity index (χ2n) is 8.13. The highest BCUT2D eigenvalue weighted by Crippen LogP contribution is 2.43. The lowest BCUT2D eigenvalue weighted by atomic mass is 9.87. The molecule has 3 aromatic rings. The van der Waals surface area contributed by atoms with Crippen molar-refractivity contribution in [2.75, 3.05) is 7.11 Å². The second-order valence-corrected chi connectivity index (χ2v) is 8.54. The number of halogens is 8. The summed E-state index contributed by atoms with van der Waals surface area (Å²) in [4.78, 5) is 11.9. The van der Waals surface area contributed by atoms with Crippen molar-refractivity contribution >= 4 is 17.6 Å². The van der Waals surface area contributed by atoms with Crippen LogP contribution < -0.4 is 0 Å². The molecule has 0 N–H and O–H groups in total. The Morgan fingerprint density at radius 1 is 1.03 bits per heavy atom. The molecule has 0 radical (unpaired) electrons. The number of aryl methyl sites for hydroxylation is 2. The third-order valence-corrected chi connectivity index (χ3v) is 5.90.